The molecule has 0 radical (unpaired) electrons. The molecule has 0 aromatic heterocycles. The van der Waals surface area contributed by atoms with Gasteiger partial charge in [0.2, 0.25) is 0 Å². The minimum atomic E-state index is 0.240. The Morgan fingerprint density at radius 3 is 2.56 bits per heavy atom. The first-order chi connectivity index (χ1) is 12.3. The molecule has 2 aliphatic heterocycles. The van der Waals surface area contributed by atoms with Gasteiger partial charge in [-0.3, -0.25) is 0 Å². The predicted octanol–water partition coefficient (Wildman–Crippen LogP) is 5.65. The third-order valence-corrected chi connectivity index (χ3v) is 5.60. The Morgan fingerprint density at radius 2 is 1.68 bits per heavy atom. The monoisotopic (exact) mass is 347 g/mol. The van der Waals surface area contributed by atoms with E-state index in [9.17, 15) is 0 Å². The number of para-hydroxylation sites is 1. The van der Waals surface area contributed by atoms with E-state index >= 15 is 0 Å². The molecule has 2 aliphatic rings. The second kappa shape index (κ2) is 5.82. The molecule has 0 saturated carbocycles. The van der Waals surface area contributed by atoms with Crippen molar-refractivity contribution in [2.75, 3.05) is 11.9 Å². The fourth-order valence-corrected chi connectivity index (χ4v) is 4.44. The summed E-state index contributed by atoms with van der Waals surface area (Å²) in [5.74, 6) is 1.57. The lowest BCUT2D eigenvalue weighted by Gasteiger charge is -2.44. The summed E-state index contributed by atoms with van der Waals surface area (Å²) in [5, 5.41) is 4.52. The number of hydrogen-bond acceptors (Lipinski definition) is 2. The highest BCUT2D eigenvalue weighted by molar-refractivity contribution is 6.30. The van der Waals surface area contributed by atoms with Crippen molar-refractivity contribution >= 4 is 17.3 Å². The Bertz CT molecular complexity index is 924. The lowest BCUT2D eigenvalue weighted by molar-refractivity contribution is 0.183. The molecule has 1 N–H and O–H groups in total. The van der Waals surface area contributed by atoms with Crippen LogP contribution in [0.3, 0.4) is 0 Å². The molecule has 0 unspecified atom stereocenters. The Kier molecular flexibility index (Phi) is 3.46. The van der Waals surface area contributed by atoms with Gasteiger partial charge in [-0.05, 0) is 35.4 Å². The smallest absolute Gasteiger partial charge is 0.124 e. The molecule has 3 atom stereocenters. The Labute approximate surface area is 152 Å². The zero-order valence-electron chi connectivity index (χ0n) is 13.7. The van der Waals surface area contributed by atoms with Gasteiger partial charge in [0.05, 0.1) is 12.6 Å². The van der Waals surface area contributed by atoms with Gasteiger partial charge in [0, 0.05) is 28.1 Å². The van der Waals surface area contributed by atoms with Gasteiger partial charge >= 0.3 is 0 Å². The number of hydrogen-bond donors (Lipinski definition) is 1. The highest BCUT2D eigenvalue weighted by Gasteiger charge is 2.42. The van der Waals surface area contributed by atoms with Gasteiger partial charge < -0.3 is 10.1 Å². The first kappa shape index (κ1) is 14.9. The Morgan fingerprint density at radius 1 is 0.880 bits per heavy atom. The average molecular weight is 348 g/mol. The number of benzene rings is 3. The van der Waals surface area contributed by atoms with Crippen molar-refractivity contribution in [2.24, 2.45) is 5.92 Å². The highest BCUT2D eigenvalue weighted by atomic mass is 35.5. The van der Waals surface area contributed by atoms with Crippen LogP contribution in [0.2, 0.25) is 5.02 Å². The van der Waals surface area contributed by atoms with E-state index in [4.69, 9.17) is 16.3 Å². The van der Waals surface area contributed by atoms with Crippen molar-refractivity contribution in [3.8, 4) is 5.75 Å². The van der Waals surface area contributed by atoms with Crippen LogP contribution in [0.5, 0.6) is 5.75 Å². The maximum Gasteiger partial charge on any atom is 0.124 e. The Balaban J connectivity index is 1.70. The minimum absolute atomic E-state index is 0.240. The number of rotatable bonds is 1. The topological polar surface area (TPSA) is 21.3 Å². The molecule has 2 nitrogen and oxygen atoms in total. The normalized spacial score (nSPS) is 23.5. The zero-order valence-corrected chi connectivity index (χ0v) is 14.4. The molecule has 0 aliphatic carbocycles. The second-order valence-electron chi connectivity index (χ2n) is 6.75. The number of ether oxygens (including phenoxy) is 1. The van der Waals surface area contributed by atoms with E-state index in [-0.39, 0.29) is 12.0 Å². The molecular weight excluding hydrogens is 330 g/mol. The summed E-state index contributed by atoms with van der Waals surface area (Å²) in [6, 6.07) is 25.4. The number of fused-ring (bicyclic) bond motifs is 4. The van der Waals surface area contributed by atoms with Crippen LogP contribution < -0.4 is 10.1 Å². The van der Waals surface area contributed by atoms with Crippen LogP contribution >= 0.6 is 11.6 Å². The van der Waals surface area contributed by atoms with Gasteiger partial charge in [0.25, 0.3) is 0 Å². The minimum Gasteiger partial charge on any atom is -0.493 e. The summed E-state index contributed by atoms with van der Waals surface area (Å²) < 4.78 is 6.12. The summed E-state index contributed by atoms with van der Waals surface area (Å²) in [4.78, 5) is 0. The summed E-state index contributed by atoms with van der Waals surface area (Å²) >= 11 is 6.33. The molecule has 3 aromatic rings. The van der Waals surface area contributed by atoms with Gasteiger partial charge in [-0.2, -0.15) is 0 Å². The first-order valence-corrected chi connectivity index (χ1v) is 9.02. The molecule has 0 bridgehead atoms. The molecule has 0 fully saturated rings. The van der Waals surface area contributed by atoms with Gasteiger partial charge in [-0.1, -0.05) is 60.1 Å². The SMILES string of the molecule is Clc1ccc2c(c1)[C@H](c1ccccc1)[C@H]1COc3ccccc3[C@@H]1N2. The lowest BCUT2D eigenvalue weighted by atomic mass is 9.71. The average Bonchev–Trinajstić information content (AvgIpc) is 2.67. The van der Waals surface area contributed by atoms with Gasteiger partial charge in [0.15, 0.2) is 0 Å². The van der Waals surface area contributed by atoms with Crippen molar-refractivity contribution in [3.63, 3.8) is 0 Å². The molecule has 124 valence electrons. The summed E-state index contributed by atoms with van der Waals surface area (Å²) in [6.07, 6.45) is 0. The number of anilines is 1. The molecule has 5 rings (SSSR count). The molecule has 0 saturated heterocycles. The maximum absolute atomic E-state index is 6.33. The molecular formula is C22H18ClNO. The molecule has 25 heavy (non-hydrogen) atoms. The van der Waals surface area contributed by atoms with Crippen molar-refractivity contribution in [1.82, 2.24) is 0 Å². The van der Waals surface area contributed by atoms with Crippen molar-refractivity contribution < 1.29 is 4.74 Å². The number of halogens is 1. The van der Waals surface area contributed by atoms with Gasteiger partial charge in [0.1, 0.15) is 5.75 Å². The predicted molar refractivity (Wildman–Crippen MR) is 102 cm³/mol. The largest absolute Gasteiger partial charge is 0.493 e. The van der Waals surface area contributed by atoms with E-state index in [0.29, 0.717) is 12.5 Å². The molecule has 2 heterocycles. The van der Waals surface area contributed by atoms with Crippen molar-refractivity contribution in [2.45, 2.75) is 12.0 Å². The van der Waals surface area contributed by atoms with Crippen LogP contribution in [0.1, 0.15) is 28.7 Å². The van der Waals surface area contributed by atoms with Crippen molar-refractivity contribution in [3.05, 3.63) is 94.5 Å². The van der Waals surface area contributed by atoms with Gasteiger partial charge in [-0.25, -0.2) is 0 Å². The van der Waals surface area contributed by atoms with Crippen LogP contribution in [0.4, 0.5) is 5.69 Å². The van der Waals surface area contributed by atoms with Crippen molar-refractivity contribution in [1.29, 1.82) is 0 Å². The first-order valence-electron chi connectivity index (χ1n) is 8.64. The van der Waals surface area contributed by atoms with Crippen LogP contribution in [0.25, 0.3) is 0 Å². The summed E-state index contributed by atoms with van der Waals surface area (Å²) in [7, 11) is 0. The van der Waals surface area contributed by atoms with Crippen LogP contribution in [0.15, 0.2) is 72.8 Å². The third-order valence-electron chi connectivity index (χ3n) is 5.36. The highest BCUT2D eigenvalue weighted by Crippen LogP contribution is 2.51. The van der Waals surface area contributed by atoms with E-state index in [1.807, 2.05) is 12.1 Å². The van der Waals surface area contributed by atoms with Crippen LogP contribution in [-0.4, -0.2) is 6.61 Å². The van der Waals surface area contributed by atoms with E-state index in [1.165, 1.54) is 16.7 Å². The van der Waals surface area contributed by atoms with E-state index in [2.05, 4.69) is 66.0 Å². The van der Waals surface area contributed by atoms with Gasteiger partial charge in [-0.15, -0.1) is 0 Å². The lowest BCUT2D eigenvalue weighted by Crippen LogP contribution is -2.39. The molecule has 0 amide bonds. The zero-order chi connectivity index (χ0) is 16.8. The number of nitrogens with one attached hydrogen (secondary N) is 1. The summed E-state index contributed by atoms with van der Waals surface area (Å²) in [5.41, 5.74) is 4.96. The molecule has 0 spiro atoms. The second-order valence-corrected chi connectivity index (χ2v) is 7.19. The standard InChI is InChI=1S/C22H18ClNO/c23-15-10-11-19-17(12-15)21(14-6-2-1-3-7-14)18-13-25-20-9-5-4-8-16(20)22(18)24-19/h1-12,18,21-22,24H,13H2/t18-,21+,22+/m1/s1. The maximum atomic E-state index is 6.33. The quantitative estimate of drug-likeness (QED) is 0.614. The third kappa shape index (κ3) is 2.40. The van der Waals surface area contributed by atoms with E-state index in [1.54, 1.807) is 0 Å². The van der Waals surface area contributed by atoms with E-state index in [0.717, 1.165) is 16.5 Å². The van der Waals surface area contributed by atoms with Crippen LogP contribution in [0, 0.1) is 5.92 Å². The fourth-order valence-electron chi connectivity index (χ4n) is 4.26. The fraction of sp³-hybridized carbons (Fsp3) is 0.182. The van der Waals surface area contributed by atoms with Crippen LogP contribution in [-0.2, 0) is 0 Å². The summed E-state index contributed by atoms with van der Waals surface area (Å²) in [6.45, 7) is 0.695. The molecule has 3 aromatic carbocycles. The Hall–Kier alpha value is -2.45. The van der Waals surface area contributed by atoms with E-state index < -0.39 is 0 Å². The molecule has 3 heteroatoms.